The smallest absolute Gasteiger partial charge is 1.00 e. The predicted molar refractivity (Wildman–Crippen MR) is 102 cm³/mol. The maximum absolute atomic E-state index is 12.8. The third-order valence-electron chi connectivity index (χ3n) is 4.46. The average Bonchev–Trinajstić information content (AvgIpc) is 3.14. The van der Waals surface area contributed by atoms with Gasteiger partial charge in [-0.3, -0.25) is 9.19 Å². The van der Waals surface area contributed by atoms with E-state index in [1.165, 1.54) is 0 Å². The second-order valence-corrected chi connectivity index (χ2v) is 7.83. The Morgan fingerprint density at radius 2 is 2.07 bits per heavy atom. The van der Waals surface area contributed by atoms with Gasteiger partial charge in [-0.05, 0) is 25.1 Å². The molecule has 3 heterocycles. The van der Waals surface area contributed by atoms with Gasteiger partial charge in [0.1, 0.15) is 12.5 Å². The minimum absolute atomic E-state index is 0. The molecule has 1 aliphatic rings. The Kier molecular flexibility index (Phi) is 7.62. The molecule has 1 fully saturated rings. The van der Waals surface area contributed by atoms with Crippen LogP contribution in [-0.4, -0.2) is 45.8 Å². The first kappa shape index (κ1) is 21.4. The molecule has 0 saturated carbocycles. The molecule has 1 saturated heterocycles. The molecule has 0 spiro atoms. The van der Waals surface area contributed by atoms with Crippen LogP contribution in [0.3, 0.4) is 0 Å². The van der Waals surface area contributed by atoms with Crippen molar-refractivity contribution in [2.45, 2.75) is 17.8 Å². The molecule has 1 aliphatic heterocycles. The summed E-state index contributed by atoms with van der Waals surface area (Å²) in [6.45, 7) is 4.06. The van der Waals surface area contributed by atoms with Crippen molar-refractivity contribution in [1.82, 2.24) is 15.0 Å². The fourth-order valence-electron chi connectivity index (χ4n) is 2.93. The average molecular weight is 411 g/mol. The van der Waals surface area contributed by atoms with Crippen LogP contribution < -0.4 is 34.3 Å². The van der Waals surface area contributed by atoms with Crippen molar-refractivity contribution in [3.05, 3.63) is 47.8 Å². The van der Waals surface area contributed by atoms with Gasteiger partial charge in [-0.15, -0.1) is 0 Å². The Bertz CT molecular complexity index is 933. The number of H-pyrrole nitrogens is 1. The number of hydrogen-bond donors (Lipinski definition) is 1. The summed E-state index contributed by atoms with van der Waals surface area (Å²) >= 11 is 0. The van der Waals surface area contributed by atoms with E-state index in [2.05, 4.69) is 15.0 Å². The number of rotatable bonds is 6. The van der Waals surface area contributed by atoms with Gasteiger partial charge in [0.2, 0.25) is 0 Å². The van der Waals surface area contributed by atoms with Crippen LogP contribution >= 0.6 is 0 Å². The first-order valence-electron chi connectivity index (χ1n) is 8.76. The van der Waals surface area contributed by atoms with Crippen molar-refractivity contribution in [3.8, 4) is 5.75 Å². The van der Waals surface area contributed by atoms with E-state index in [1.54, 1.807) is 6.20 Å². The van der Waals surface area contributed by atoms with Gasteiger partial charge in [0.05, 0.1) is 53.1 Å². The van der Waals surface area contributed by atoms with E-state index in [0.717, 1.165) is 28.0 Å². The molecular weight excluding hydrogens is 389 g/mol. The van der Waals surface area contributed by atoms with Crippen LogP contribution in [0, 0.1) is 12.8 Å². The molecule has 28 heavy (non-hydrogen) atoms. The number of fused-ring (bicyclic) bond motifs is 1. The molecule has 144 valence electrons. The number of hydrogen-bond acceptors (Lipinski definition) is 6. The Morgan fingerprint density at radius 1 is 1.29 bits per heavy atom. The van der Waals surface area contributed by atoms with Gasteiger partial charge in [0.15, 0.2) is 5.16 Å². The third kappa shape index (κ3) is 5.00. The van der Waals surface area contributed by atoms with Crippen molar-refractivity contribution >= 4 is 21.8 Å². The maximum Gasteiger partial charge on any atom is 1.00 e. The molecule has 0 aliphatic carbocycles. The van der Waals surface area contributed by atoms with Crippen LogP contribution in [0.5, 0.6) is 5.75 Å². The molecule has 7 nitrogen and oxygen atoms in total. The number of pyridine rings is 1. The van der Waals surface area contributed by atoms with Gasteiger partial charge in [0, 0.05) is 17.7 Å². The van der Waals surface area contributed by atoms with Crippen LogP contribution in [0.15, 0.2) is 41.7 Å². The van der Waals surface area contributed by atoms with E-state index in [9.17, 15) is 4.21 Å². The monoisotopic (exact) mass is 411 g/mol. The van der Waals surface area contributed by atoms with Crippen molar-refractivity contribution in [2.75, 3.05) is 26.6 Å². The molecule has 1 N–H and O–H groups in total. The molecule has 1 aromatic carbocycles. The Hall–Kier alpha value is -1.29. The summed E-state index contributed by atoms with van der Waals surface area (Å²) in [6, 6.07) is 9.46. The van der Waals surface area contributed by atoms with Crippen LogP contribution in [0.4, 0.5) is 0 Å². The van der Waals surface area contributed by atoms with Crippen LogP contribution in [0.1, 0.15) is 12.7 Å². The van der Waals surface area contributed by atoms with Gasteiger partial charge >= 0.3 is 29.6 Å². The molecule has 3 aromatic rings. The number of benzene rings is 1. The number of para-hydroxylation sites is 2. The number of aromatic nitrogens is 3. The molecule has 0 amide bonds. The van der Waals surface area contributed by atoms with E-state index < -0.39 is 10.8 Å². The third-order valence-corrected chi connectivity index (χ3v) is 5.62. The number of imidazole rings is 1. The van der Waals surface area contributed by atoms with Crippen molar-refractivity contribution in [2.24, 2.45) is 5.92 Å². The number of nitrogens with one attached hydrogen (secondary N) is 1. The summed E-state index contributed by atoms with van der Waals surface area (Å²) in [5, 5.41) is 0.459. The van der Waals surface area contributed by atoms with E-state index in [0.29, 0.717) is 31.8 Å². The minimum Gasteiger partial charge on any atom is -1.00 e. The fraction of sp³-hybridized carbons (Fsp3) is 0.368. The SMILES string of the molecule is Cc1c(OCC2COCOC2)ccnc1CS(=O)c1nc2ccccc2[nH]1.[H-].[Na+]. The summed E-state index contributed by atoms with van der Waals surface area (Å²) < 4.78 is 29.3. The van der Waals surface area contributed by atoms with Gasteiger partial charge in [0.25, 0.3) is 0 Å². The topological polar surface area (TPSA) is 86.3 Å². The number of ether oxygens (including phenoxy) is 3. The van der Waals surface area contributed by atoms with Crippen molar-refractivity contribution < 1.29 is 49.4 Å². The van der Waals surface area contributed by atoms with Gasteiger partial charge in [-0.1, -0.05) is 12.1 Å². The first-order valence-corrected chi connectivity index (χ1v) is 10.1. The number of nitrogens with zero attached hydrogens (tertiary/aromatic N) is 2. The standard InChI is InChI=1S/C19H21N3O4S.Na.H/c1-13-17(11-27(23)19-21-15-4-2-3-5-16(15)22-19)20-7-6-18(13)26-10-14-8-24-12-25-9-14;;/h2-7,14H,8-12H2,1H3,(H,21,22);;/q;+1;-1. The van der Waals surface area contributed by atoms with E-state index in [-0.39, 0.29) is 42.7 Å². The zero-order valence-electron chi connectivity index (χ0n) is 17.0. The second kappa shape index (κ2) is 9.96. The summed E-state index contributed by atoms with van der Waals surface area (Å²) in [5.74, 6) is 1.23. The summed E-state index contributed by atoms with van der Waals surface area (Å²) in [4.78, 5) is 11.9. The largest absolute Gasteiger partial charge is 1.00 e. The number of aromatic amines is 1. The molecule has 1 unspecified atom stereocenters. The second-order valence-electron chi connectivity index (χ2n) is 6.47. The Balaban J connectivity index is 0.00000150. The summed E-state index contributed by atoms with van der Waals surface area (Å²) in [7, 11) is -1.32. The molecule has 2 aromatic heterocycles. The fourth-order valence-corrected chi connectivity index (χ4v) is 4.03. The zero-order chi connectivity index (χ0) is 18.6. The zero-order valence-corrected chi connectivity index (χ0v) is 18.8. The molecule has 1 atom stereocenters. The predicted octanol–water partition coefficient (Wildman–Crippen LogP) is -0.310. The van der Waals surface area contributed by atoms with Crippen LogP contribution in [0.25, 0.3) is 11.0 Å². The minimum atomic E-state index is -1.32. The molecule has 4 rings (SSSR count). The van der Waals surface area contributed by atoms with E-state index in [4.69, 9.17) is 14.2 Å². The Morgan fingerprint density at radius 3 is 2.86 bits per heavy atom. The summed E-state index contributed by atoms with van der Waals surface area (Å²) in [6.07, 6.45) is 1.68. The van der Waals surface area contributed by atoms with E-state index in [1.807, 2.05) is 37.3 Å². The van der Waals surface area contributed by atoms with Crippen LogP contribution in [0.2, 0.25) is 0 Å². The van der Waals surface area contributed by atoms with Crippen LogP contribution in [-0.2, 0) is 26.0 Å². The first-order chi connectivity index (χ1) is 13.2. The summed E-state index contributed by atoms with van der Waals surface area (Å²) in [5.41, 5.74) is 3.31. The van der Waals surface area contributed by atoms with Gasteiger partial charge < -0.3 is 20.6 Å². The van der Waals surface area contributed by atoms with Gasteiger partial charge in [-0.25, -0.2) is 4.98 Å². The van der Waals surface area contributed by atoms with Crippen molar-refractivity contribution in [1.29, 1.82) is 0 Å². The van der Waals surface area contributed by atoms with Gasteiger partial charge in [-0.2, -0.15) is 0 Å². The molecule has 0 radical (unpaired) electrons. The quantitative estimate of drug-likeness (QED) is 0.560. The molecular formula is C19H22N3NaO4S. The van der Waals surface area contributed by atoms with E-state index >= 15 is 0 Å². The molecule has 9 heteroatoms. The van der Waals surface area contributed by atoms with Crippen molar-refractivity contribution in [3.63, 3.8) is 0 Å². The maximum atomic E-state index is 12.8. The molecule has 0 bridgehead atoms. The normalized spacial score (nSPS) is 15.9. The Labute approximate surface area is 189 Å².